The third kappa shape index (κ3) is 4.55. The molecule has 0 amide bonds. The van der Waals surface area contributed by atoms with Crippen LogP contribution >= 0.6 is 0 Å². The predicted octanol–water partition coefficient (Wildman–Crippen LogP) is 2.85. The SMILES string of the molecule is CCOC1CCC=C(OS(=O)(=O)C(F)(F)F)N1S(=O)(=O)c1ccc(C)cc1. The lowest BCUT2D eigenvalue weighted by atomic mass is 10.2. The fourth-order valence-corrected chi connectivity index (χ4v) is 4.42. The molecule has 2 rings (SSSR count). The van der Waals surface area contributed by atoms with Crippen molar-refractivity contribution in [2.24, 2.45) is 0 Å². The molecular formula is C15H18F3NO6S2. The van der Waals surface area contributed by atoms with Gasteiger partial charge in [-0.3, -0.25) is 0 Å². The monoisotopic (exact) mass is 429 g/mol. The van der Waals surface area contributed by atoms with Gasteiger partial charge in [0, 0.05) is 6.61 Å². The Labute approximate surface area is 155 Å². The van der Waals surface area contributed by atoms with Crippen LogP contribution in [0.15, 0.2) is 41.1 Å². The van der Waals surface area contributed by atoms with E-state index in [1.807, 2.05) is 0 Å². The second-order valence-corrected chi connectivity index (χ2v) is 8.98. The Morgan fingerprint density at radius 3 is 2.26 bits per heavy atom. The standard InChI is InChI=1S/C15H18F3NO6S2/c1-3-24-13-5-4-6-14(25-27(22,23)15(16,17)18)19(13)26(20,21)12-9-7-11(2)8-10-12/h6-10,13H,3-5H2,1-2H3. The number of allylic oxidation sites excluding steroid dienone is 1. The Morgan fingerprint density at radius 2 is 1.74 bits per heavy atom. The van der Waals surface area contributed by atoms with Gasteiger partial charge in [0.15, 0.2) is 0 Å². The summed E-state index contributed by atoms with van der Waals surface area (Å²) >= 11 is 0. The number of alkyl halides is 3. The molecule has 1 aromatic carbocycles. The minimum Gasteiger partial charge on any atom is -0.357 e. The van der Waals surface area contributed by atoms with Crippen LogP contribution in [0.1, 0.15) is 25.3 Å². The number of hydrogen-bond acceptors (Lipinski definition) is 6. The molecule has 0 fully saturated rings. The summed E-state index contributed by atoms with van der Waals surface area (Å²) in [4.78, 5) is -0.237. The van der Waals surface area contributed by atoms with E-state index < -0.39 is 37.8 Å². The maximum Gasteiger partial charge on any atom is 0.534 e. The average molecular weight is 429 g/mol. The zero-order valence-corrected chi connectivity index (χ0v) is 16.1. The van der Waals surface area contributed by atoms with Gasteiger partial charge < -0.3 is 8.92 Å². The molecule has 0 bridgehead atoms. The molecule has 0 aliphatic carbocycles. The minimum absolute atomic E-state index is 0.0594. The summed E-state index contributed by atoms with van der Waals surface area (Å²) in [6, 6.07) is 5.53. The Morgan fingerprint density at radius 1 is 1.15 bits per heavy atom. The minimum atomic E-state index is -6.05. The predicted molar refractivity (Wildman–Crippen MR) is 89.0 cm³/mol. The van der Waals surface area contributed by atoms with Crippen molar-refractivity contribution in [3.63, 3.8) is 0 Å². The molecule has 1 aliphatic heterocycles. The first-order valence-corrected chi connectivity index (χ1v) is 10.7. The van der Waals surface area contributed by atoms with Gasteiger partial charge in [-0.05, 0) is 44.9 Å². The quantitative estimate of drug-likeness (QED) is 0.510. The number of sulfonamides is 1. The van der Waals surface area contributed by atoms with Crippen LogP contribution in [0.25, 0.3) is 0 Å². The smallest absolute Gasteiger partial charge is 0.357 e. The van der Waals surface area contributed by atoms with Gasteiger partial charge in [0.25, 0.3) is 10.0 Å². The van der Waals surface area contributed by atoms with Crippen molar-refractivity contribution in [1.82, 2.24) is 4.31 Å². The first-order chi connectivity index (χ1) is 12.4. The molecule has 152 valence electrons. The molecule has 0 saturated heterocycles. The number of nitrogens with zero attached hydrogens (tertiary/aromatic N) is 1. The molecule has 7 nitrogen and oxygen atoms in total. The van der Waals surface area contributed by atoms with Crippen LogP contribution in [0.5, 0.6) is 0 Å². The molecule has 0 N–H and O–H groups in total. The summed E-state index contributed by atoms with van der Waals surface area (Å²) in [5.74, 6) is -0.961. The number of ether oxygens (including phenoxy) is 1. The highest BCUT2D eigenvalue weighted by Crippen LogP contribution is 2.34. The number of aryl methyl sites for hydroxylation is 1. The number of rotatable bonds is 6. The fourth-order valence-electron chi connectivity index (χ4n) is 2.37. The van der Waals surface area contributed by atoms with E-state index in [0.717, 1.165) is 11.6 Å². The van der Waals surface area contributed by atoms with Crippen molar-refractivity contribution in [2.45, 2.75) is 43.3 Å². The average Bonchev–Trinajstić information content (AvgIpc) is 2.54. The molecule has 1 aliphatic rings. The number of benzene rings is 1. The third-order valence-corrected chi connectivity index (χ3v) is 6.38. The molecule has 0 aromatic heterocycles. The summed E-state index contributed by atoms with van der Waals surface area (Å²) in [5.41, 5.74) is -4.94. The zero-order valence-electron chi connectivity index (χ0n) is 14.4. The Kier molecular flexibility index (Phi) is 6.12. The summed E-state index contributed by atoms with van der Waals surface area (Å²) in [6.45, 7) is 3.36. The molecular weight excluding hydrogens is 411 g/mol. The van der Waals surface area contributed by atoms with Crippen molar-refractivity contribution in [3.05, 3.63) is 41.8 Å². The Hall–Kier alpha value is -1.79. The van der Waals surface area contributed by atoms with Crippen LogP contribution in [-0.4, -0.2) is 39.5 Å². The van der Waals surface area contributed by atoms with Crippen molar-refractivity contribution in [1.29, 1.82) is 0 Å². The number of hydrogen-bond donors (Lipinski definition) is 0. The molecule has 0 saturated carbocycles. The van der Waals surface area contributed by atoms with E-state index in [1.165, 1.54) is 24.3 Å². The first-order valence-electron chi connectivity index (χ1n) is 7.84. The van der Waals surface area contributed by atoms with Gasteiger partial charge in [0.2, 0.25) is 5.88 Å². The van der Waals surface area contributed by atoms with Gasteiger partial charge in [-0.1, -0.05) is 17.7 Å². The van der Waals surface area contributed by atoms with Crippen molar-refractivity contribution in [3.8, 4) is 0 Å². The van der Waals surface area contributed by atoms with Gasteiger partial charge in [0.1, 0.15) is 6.23 Å². The van der Waals surface area contributed by atoms with Crippen molar-refractivity contribution < 1.29 is 38.9 Å². The molecule has 0 radical (unpaired) electrons. The Bertz CT molecular complexity index is 908. The molecule has 0 spiro atoms. The maximum absolute atomic E-state index is 13.0. The molecule has 1 heterocycles. The van der Waals surface area contributed by atoms with E-state index in [9.17, 15) is 30.0 Å². The topological polar surface area (TPSA) is 90.0 Å². The lowest BCUT2D eigenvalue weighted by Crippen LogP contribution is -2.45. The van der Waals surface area contributed by atoms with Crippen LogP contribution in [0.2, 0.25) is 0 Å². The van der Waals surface area contributed by atoms with E-state index in [1.54, 1.807) is 13.8 Å². The fraction of sp³-hybridized carbons (Fsp3) is 0.467. The van der Waals surface area contributed by atoms with Crippen molar-refractivity contribution in [2.75, 3.05) is 6.61 Å². The van der Waals surface area contributed by atoms with E-state index in [2.05, 4.69) is 4.18 Å². The van der Waals surface area contributed by atoms with Crippen LogP contribution in [0.3, 0.4) is 0 Å². The second-order valence-electron chi connectivity index (χ2n) is 5.63. The Balaban J connectivity index is 2.52. The van der Waals surface area contributed by atoms with Gasteiger partial charge in [-0.25, -0.2) is 12.7 Å². The molecule has 12 heteroatoms. The first kappa shape index (κ1) is 21.5. The largest absolute Gasteiger partial charge is 0.534 e. The molecule has 1 unspecified atom stereocenters. The highest BCUT2D eigenvalue weighted by atomic mass is 32.2. The highest BCUT2D eigenvalue weighted by Gasteiger charge is 2.51. The summed E-state index contributed by atoms with van der Waals surface area (Å²) < 4.78 is 96.7. The molecule has 1 aromatic rings. The summed E-state index contributed by atoms with van der Waals surface area (Å²) in [6.07, 6.45) is -0.0277. The van der Waals surface area contributed by atoms with Gasteiger partial charge in [-0.15, -0.1) is 0 Å². The second kappa shape index (κ2) is 7.68. The maximum atomic E-state index is 13.0. The third-order valence-electron chi connectivity index (χ3n) is 3.63. The van der Waals surface area contributed by atoms with E-state index >= 15 is 0 Å². The van der Waals surface area contributed by atoms with Crippen LogP contribution in [0.4, 0.5) is 13.2 Å². The van der Waals surface area contributed by atoms with Crippen molar-refractivity contribution >= 4 is 20.1 Å². The summed E-state index contributed by atoms with van der Waals surface area (Å²) in [5, 5.41) is 0. The lowest BCUT2D eigenvalue weighted by Gasteiger charge is -2.35. The van der Waals surface area contributed by atoms with Crippen LogP contribution in [-0.2, 0) is 29.1 Å². The van der Waals surface area contributed by atoms with Crippen LogP contribution in [0, 0.1) is 6.92 Å². The van der Waals surface area contributed by atoms with Gasteiger partial charge in [-0.2, -0.15) is 21.6 Å². The van der Waals surface area contributed by atoms with Gasteiger partial charge in [0.05, 0.1) is 4.90 Å². The highest BCUT2D eigenvalue weighted by molar-refractivity contribution is 7.89. The normalized spacial score (nSPS) is 18.9. The lowest BCUT2D eigenvalue weighted by molar-refractivity contribution is -0.0585. The number of halogens is 3. The van der Waals surface area contributed by atoms with Gasteiger partial charge >= 0.3 is 15.6 Å². The van der Waals surface area contributed by atoms with E-state index in [0.29, 0.717) is 4.31 Å². The summed E-state index contributed by atoms with van der Waals surface area (Å²) in [7, 11) is -10.5. The van der Waals surface area contributed by atoms with E-state index in [4.69, 9.17) is 4.74 Å². The van der Waals surface area contributed by atoms with Crippen LogP contribution < -0.4 is 0 Å². The molecule has 27 heavy (non-hydrogen) atoms. The molecule has 1 atom stereocenters. The zero-order chi connectivity index (χ0) is 20.5. The van der Waals surface area contributed by atoms with E-state index in [-0.39, 0.29) is 24.3 Å².